The van der Waals surface area contributed by atoms with Crippen LogP contribution in [0.2, 0.25) is 0 Å². The van der Waals surface area contributed by atoms with E-state index in [0.717, 1.165) is 32.4 Å². The number of likely N-dealkylation sites (N-methyl/N-ethyl adjacent to an activating group) is 1. The molecule has 20 heavy (non-hydrogen) atoms. The lowest BCUT2D eigenvalue weighted by Gasteiger charge is -2.26. The van der Waals surface area contributed by atoms with Gasteiger partial charge in [0, 0.05) is 6.04 Å². The summed E-state index contributed by atoms with van der Waals surface area (Å²) in [6, 6.07) is 6.64. The maximum Gasteiger partial charge on any atom is 0.238 e. The molecular weight excluding hydrogens is 257 g/mol. The van der Waals surface area contributed by atoms with Crippen molar-refractivity contribution < 1.29 is 9.18 Å². The van der Waals surface area contributed by atoms with Crippen LogP contribution in [0, 0.1) is 5.82 Å². The second-order valence-electron chi connectivity index (χ2n) is 5.28. The molecule has 0 aromatic heterocycles. The number of hydrogen-bond donors (Lipinski definition) is 2. The van der Waals surface area contributed by atoms with Gasteiger partial charge in [-0.05, 0) is 51.5 Å². The van der Waals surface area contributed by atoms with Crippen LogP contribution in [0.4, 0.5) is 10.1 Å². The SMILES string of the molecule is CN(CC(=O)Nc1ccccc1F)C1CCCNCC1. The van der Waals surface area contributed by atoms with Crippen LogP contribution in [0.3, 0.4) is 0 Å². The highest BCUT2D eigenvalue weighted by Gasteiger charge is 2.19. The summed E-state index contributed by atoms with van der Waals surface area (Å²) in [7, 11) is 1.96. The van der Waals surface area contributed by atoms with Crippen molar-refractivity contribution in [2.45, 2.75) is 25.3 Å². The molecule has 0 radical (unpaired) electrons. The van der Waals surface area contributed by atoms with Crippen molar-refractivity contribution in [3.8, 4) is 0 Å². The summed E-state index contributed by atoms with van der Waals surface area (Å²) in [5.74, 6) is -0.572. The van der Waals surface area contributed by atoms with E-state index in [2.05, 4.69) is 15.5 Å². The van der Waals surface area contributed by atoms with Gasteiger partial charge >= 0.3 is 0 Å². The Morgan fingerprint density at radius 1 is 1.40 bits per heavy atom. The monoisotopic (exact) mass is 279 g/mol. The number of hydrogen-bond acceptors (Lipinski definition) is 3. The predicted molar refractivity (Wildman–Crippen MR) is 78.2 cm³/mol. The number of anilines is 1. The molecule has 1 aromatic carbocycles. The molecule has 1 aromatic rings. The van der Waals surface area contributed by atoms with Crippen LogP contribution in [0.1, 0.15) is 19.3 Å². The topological polar surface area (TPSA) is 44.4 Å². The Morgan fingerprint density at radius 3 is 3.00 bits per heavy atom. The normalized spacial score (nSPS) is 19.6. The highest BCUT2D eigenvalue weighted by molar-refractivity contribution is 5.92. The summed E-state index contributed by atoms with van der Waals surface area (Å²) < 4.78 is 13.5. The van der Waals surface area contributed by atoms with Crippen molar-refractivity contribution in [2.24, 2.45) is 0 Å². The van der Waals surface area contributed by atoms with E-state index in [1.165, 1.54) is 6.07 Å². The first-order valence-electron chi connectivity index (χ1n) is 7.12. The number of amides is 1. The zero-order chi connectivity index (χ0) is 14.4. The quantitative estimate of drug-likeness (QED) is 0.884. The molecule has 5 heteroatoms. The van der Waals surface area contributed by atoms with Gasteiger partial charge in [0.15, 0.2) is 0 Å². The Balaban J connectivity index is 1.85. The molecule has 1 unspecified atom stereocenters. The predicted octanol–water partition coefficient (Wildman–Crippen LogP) is 1.84. The Hall–Kier alpha value is -1.46. The molecule has 1 saturated heterocycles. The third kappa shape index (κ3) is 4.28. The molecule has 0 aliphatic carbocycles. The maximum absolute atomic E-state index is 13.5. The molecule has 1 amide bonds. The van der Waals surface area contributed by atoms with Gasteiger partial charge in [-0.25, -0.2) is 4.39 Å². The zero-order valence-corrected chi connectivity index (χ0v) is 11.9. The zero-order valence-electron chi connectivity index (χ0n) is 11.9. The number of nitrogens with zero attached hydrogens (tertiary/aromatic N) is 1. The highest BCUT2D eigenvalue weighted by Crippen LogP contribution is 2.14. The van der Waals surface area contributed by atoms with Crippen molar-refractivity contribution in [3.05, 3.63) is 30.1 Å². The lowest BCUT2D eigenvalue weighted by molar-refractivity contribution is -0.117. The fraction of sp³-hybridized carbons (Fsp3) is 0.533. The van der Waals surface area contributed by atoms with Crippen LogP contribution >= 0.6 is 0 Å². The molecular formula is C15H22FN3O. The number of carbonyl (C=O) groups is 1. The van der Waals surface area contributed by atoms with Gasteiger partial charge in [-0.15, -0.1) is 0 Å². The minimum Gasteiger partial charge on any atom is -0.322 e. The van der Waals surface area contributed by atoms with Gasteiger partial charge in [0.25, 0.3) is 0 Å². The van der Waals surface area contributed by atoms with Gasteiger partial charge in [0.2, 0.25) is 5.91 Å². The van der Waals surface area contributed by atoms with E-state index < -0.39 is 5.82 Å². The van der Waals surface area contributed by atoms with E-state index in [4.69, 9.17) is 0 Å². The number of benzene rings is 1. The summed E-state index contributed by atoms with van der Waals surface area (Å²) in [6.45, 7) is 2.33. The van der Waals surface area contributed by atoms with Gasteiger partial charge in [0.05, 0.1) is 12.2 Å². The molecule has 0 saturated carbocycles. The largest absolute Gasteiger partial charge is 0.322 e. The van der Waals surface area contributed by atoms with E-state index >= 15 is 0 Å². The van der Waals surface area contributed by atoms with Crippen LogP contribution < -0.4 is 10.6 Å². The summed E-state index contributed by atoms with van der Waals surface area (Å²) >= 11 is 0. The van der Waals surface area contributed by atoms with Crippen LogP contribution in [-0.4, -0.2) is 43.5 Å². The molecule has 1 aliphatic rings. The lowest BCUT2D eigenvalue weighted by Crippen LogP contribution is -2.38. The third-order valence-electron chi connectivity index (χ3n) is 3.71. The van der Waals surface area contributed by atoms with Gasteiger partial charge in [-0.1, -0.05) is 12.1 Å². The lowest BCUT2D eigenvalue weighted by atomic mass is 10.1. The summed E-state index contributed by atoms with van der Waals surface area (Å²) in [5, 5.41) is 5.98. The standard InChI is InChI=1S/C15H22FN3O/c1-19(12-5-4-9-17-10-8-12)11-15(20)18-14-7-3-2-6-13(14)16/h2-3,6-7,12,17H,4-5,8-11H2,1H3,(H,18,20). The number of carbonyl (C=O) groups excluding carboxylic acids is 1. The minimum atomic E-state index is -0.401. The first-order valence-corrected chi connectivity index (χ1v) is 7.12. The maximum atomic E-state index is 13.5. The number of nitrogens with one attached hydrogen (secondary N) is 2. The summed E-state index contributed by atoms with van der Waals surface area (Å²) in [5.41, 5.74) is 0.244. The molecule has 0 bridgehead atoms. The Bertz CT molecular complexity index is 444. The second-order valence-corrected chi connectivity index (χ2v) is 5.28. The van der Waals surface area contributed by atoms with E-state index in [-0.39, 0.29) is 11.6 Å². The van der Waals surface area contributed by atoms with Gasteiger partial charge in [0.1, 0.15) is 5.82 Å². The van der Waals surface area contributed by atoms with Crippen molar-refractivity contribution in [3.63, 3.8) is 0 Å². The fourth-order valence-electron chi connectivity index (χ4n) is 2.55. The van der Waals surface area contributed by atoms with Crippen LogP contribution in [0.5, 0.6) is 0 Å². The molecule has 1 fully saturated rings. The smallest absolute Gasteiger partial charge is 0.238 e. The van der Waals surface area contributed by atoms with Crippen LogP contribution in [-0.2, 0) is 4.79 Å². The molecule has 2 N–H and O–H groups in total. The van der Waals surface area contributed by atoms with Crippen molar-refractivity contribution in [1.29, 1.82) is 0 Å². The number of rotatable bonds is 4. The Kier molecular flexibility index (Phi) is 5.49. The molecule has 4 nitrogen and oxygen atoms in total. The van der Waals surface area contributed by atoms with Crippen LogP contribution in [0.15, 0.2) is 24.3 Å². The molecule has 110 valence electrons. The second kappa shape index (κ2) is 7.36. The van der Waals surface area contributed by atoms with E-state index in [9.17, 15) is 9.18 Å². The van der Waals surface area contributed by atoms with Crippen LogP contribution in [0.25, 0.3) is 0 Å². The first kappa shape index (κ1) is 14.9. The van der Waals surface area contributed by atoms with Crippen molar-refractivity contribution in [2.75, 3.05) is 32.0 Å². The highest BCUT2D eigenvalue weighted by atomic mass is 19.1. The van der Waals surface area contributed by atoms with E-state index in [1.807, 2.05) is 7.05 Å². The summed E-state index contributed by atoms with van der Waals surface area (Å²) in [6.07, 6.45) is 3.27. The molecule has 2 rings (SSSR count). The first-order chi connectivity index (χ1) is 9.66. The number of halogens is 1. The molecule has 1 aliphatic heterocycles. The fourth-order valence-corrected chi connectivity index (χ4v) is 2.55. The molecule has 0 spiro atoms. The summed E-state index contributed by atoms with van der Waals surface area (Å²) in [4.78, 5) is 14.0. The van der Waals surface area contributed by atoms with Gasteiger partial charge in [-0.3, -0.25) is 9.69 Å². The minimum absolute atomic E-state index is 0.171. The molecule has 1 heterocycles. The third-order valence-corrected chi connectivity index (χ3v) is 3.71. The van der Waals surface area contributed by atoms with Crippen molar-refractivity contribution >= 4 is 11.6 Å². The molecule has 1 atom stereocenters. The van der Waals surface area contributed by atoms with Gasteiger partial charge < -0.3 is 10.6 Å². The van der Waals surface area contributed by atoms with E-state index in [0.29, 0.717) is 12.6 Å². The average Bonchev–Trinajstić information content (AvgIpc) is 2.70. The van der Waals surface area contributed by atoms with E-state index in [1.54, 1.807) is 18.2 Å². The van der Waals surface area contributed by atoms with Crippen molar-refractivity contribution in [1.82, 2.24) is 10.2 Å². The van der Waals surface area contributed by atoms with Gasteiger partial charge in [-0.2, -0.15) is 0 Å². The number of para-hydroxylation sites is 1. The Labute approximate surface area is 119 Å². The Morgan fingerprint density at radius 2 is 2.20 bits per heavy atom. The average molecular weight is 279 g/mol.